The molecule has 1 saturated heterocycles. The lowest BCUT2D eigenvalue weighted by atomic mass is 10.1. The zero-order chi connectivity index (χ0) is 13.9. The van der Waals surface area contributed by atoms with Gasteiger partial charge in [0.25, 0.3) is 0 Å². The van der Waals surface area contributed by atoms with Crippen LogP contribution in [0.4, 0.5) is 5.69 Å². The molecule has 0 unspecified atom stereocenters. The molecule has 1 aliphatic rings. The summed E-state index contributed by atoms with van der Waals surface area (Å²) in [5.74, 6) is -0.819. The molecule has 19 heavy (non-hydrogen) atoms. The van der Waals surface area contributed by atoms with Gasteiger partial charge < -0.3 is 20.5 Å². The summed E-state index contributed by atoms with van der Waals surface area (Å²) in [5, 5.41) is 3.33. The molecule has 5 heteroatoms. The van der Waals surface area contributed by atoms with Gasteiger partial charge in [0, 0.05) is 5.69 Å². The standard InChI is InChI=1S/C14H20N2O3/c1-14(2)18-8-12(9-19-14)16-11-5-3-10(4-6-11)7-13(15)17/h3-6,12,16H,7-9H2,1-2H3,(H2,15,17). The third kappa shape index (κ3) is 4.22. The highest BCUT2D eigenvalue weighted by Gasteiger charge is 2.28. The van der Waals surface area contributed by atoms with E-state index in [9.17, 15) is 4.79 Å². The molecule has 1 amide bonds. The van der Waals surface area contributed by atoms with Crippen molar-refractivity contribution in [2.45, 2.75) is 32.1 Å². The van der Waals surface area contributed by atoms with Crippen LogP contribution in [-0.4, -0.2) is 30.9 Å². The first-order chi connectivity index (χ1) is 8.94. The van der Waals surface area contributed by atoms with Crippen LogP contribution < -0.4 is 11.1 Å². The normalized spacial score (nSPS) is 19.1. The van der Waals surface area contributed by atoms with Crippen molar-refractivity contribution in [3.8, 4) is 0 Å². The molecular weight excluding hydrogens is 244 g/mol. The van der Waals surface area contributed by atoms with Gasteiger partial charge in [0.15, 0.2) is 5.79 Å². The summed E-state index contributed by atoms with van der Waals surface area (Å²) in [6, 6.07) is 7.77. The van der Waals surface area contributed by atoms with Crippen LogP contribution in [0, 0.1) is 0 Å². The minimum atomic E-state index is -0.497. The predicted molar refractivity (Wildman–Crippen MR) is 72.7 cm³/mol. The SMILES string of the molecule is CC1(C)OCC(Nc2ccc(CC(N)=O)cc2)CO1. The van der Waals surface area contributed by atoms with Gasteiger partial charge in [-0.2, -0.15) is 0 Å². The predicted octanol–water partition coefficient (Wildman–Crippen LogP) is 1.28. The minimum Gasteiger partial charge on any atom is -0.378 e. The van der Waals surface area contributed by atoms with Crippen LogP contribution in [0.3, 0.4) is 0 Å². The molecule has 0 aliphatic carbocycles. The van der Waals surface area contributed by atoms with Crippen molar-refractivity contribution in [2.75, 3.05) is 18.5 Å². The Morgan fingerprint density at radius 2 is 1.89 bits per heavy atom. The molecule has 1 fully saturated rings. The van der Waals surface area contributed by atoms with Crippen molar-refractivity contribution >= 4 is 11.6 Å². The molecule has 1 aliphatic heterocycles. The van der Waals surface area contributed by atoms with E-state index in [2.05, 4.69) is 5.32 Å². The molecule has 5 nitrogen and oxygen atoms in total. The molecule has 0 radical (unpaired) electrons. The lowest BCUT2D eigenvalue weighted by molar-refractivity contribution is -0.247. The van der Waals surface area contributed by atoms with Gasteiger partial charge in [-0.05, 0) is 31.5 Å². The molecule has 1 aromatic rings. The van der Waals surface area contributed by atoms with E-state index >= 15 is 0 Å². The molecule has 3 N–H and O–H groups in total. The first-order valence-electron chi connectivity index (χ1n) is 6.36. The maximum atomic E-state index is 10.8. The molecule has 2 rings (SSSR count). The van der Waals surface area contributed by atoms with Gasteiger partial charge in [0.05, 0.1) is 25.7 Å². The number of amides is 1. The van der Waals surface area contributed by atoms with Crippen molar-refractivity contribution in [3.63, 3.8) is 0 Å². The number of ether oxygens (including phenoxy) is 2. The number of carbonyl (C=O) groups excluding carboxylic acids is 1. The summed E-state index contributed by atoms with van der Waals surface area (Å²) < 4.78 is 11.2. The first kappa shape index (κ1) is 13.8. The average molecular weight is 264 g/mol. The van der Waals surface area contributed by atoms with Crippen LogP contribution in [0.2, 0.25) is 0 Å². The molecule has 104 valence electrons. The quantitative estimate of drug-likeness (QED) is 0.859. The van der Waals surface area contributed by atoms with Gasteiger partial charge in [0.1, 0.15) is 0 Å². The fraction of sp³-hybridized carbons (Fsp3) is 0.500. The van der Waals surface area contributed by atoms with E-state index in [-0.39, 0.29) is 18.4 Å². The maximum Gasteiger partial charge on any atom is 0.221 e. The van der Waals surface area contributed by atoms with E-state index in [1.807, 2.05) is 38.1 Å². The number of carbonyl (C=O) groups is 1. The van der Waals surface area contributed by atoms with Crippen LogP contribution in [0.1, 0.15) is 19.4 Å². The zero-order valence-corrected chi connectivity index (χ0v) is 11.3. The van der Waals surface area contributed by atoms with Crippen LogP contribution in [0.5, 0.6) is 0 Å². The second kappa shape index (κ2) is 5.59. The van der Waals surface area contributed by atoms with Crippen LogP contribution >= 0.6 is 0 Å². The molecule has 0 spiro atoms. The highest BCUT2D eigenvalue weighted by Crippen LogP contribution is 2.19. The lowest BCUT2D eigenvalue weighted by Crippen LogP contribution is -2.45. The molecule has 0 aromatic heterocycles. The monoisotopic (exact) mass is 264 g/mol. The fourth-order valence-corrected chi connectivity index (χ4v) is 1.93. The van der Waals surface area contributed by atoms with Gasteiger partial charge in [-0.1, -0.05) is 12.1 Å². The van der Waals surface area contributed by atoms with E-state index in [1.54, 1.807) is 0 Å². The van der Waals surface area contributed by atoms with E-state index in [0.29, 0.717) is 13.2 Å². The van der Waals surface area contributed by atoms with E-state index < -0.39 is 5.79 Å². The second-order valence-electron chi connectivity index (χ2n) is 5.20. The van der Waals surface area contributed by atoms with Crippen molar-refractivity contribution in [3.05, 3.63) is 29.8 Å². The average Bonchev–Trinajstić information content (AvgIpc) is 2.34. The van der Waals surface area contributed by atoms with Crippen molar-refractivity contribution in [1.82, 2.24) is 0 Å². The Kier molecular flexibility index (Phi) is 4.07. The third-order valence-corrected chi connectivity index (χ3v) is 2.97. The minimum absolute atomic E-state index is 0.134. The van der Waals surface area contributed by atoms with Gasteiger partial charge in [-0.25, -0.2) is 0 Å². The Hall–Kier alpha value is -1.59. The van der Waals surface area contributed by atoms with Crippen LogP contribution in [0.25, 0.3) is 0 Å². The molecule has 0 atom stereocenters. The highest BCUT2D eigenvalue weighted by molar-refractivity contribution is 5.76. The number of hydrogen-bond donors (Lipinski definition) is 2. The summed E-state index contributed by atoms with van der Waals surface area (Å²) in [6.45, 7) is 5.02. The zero-order valence-electron chi connectivity index (χ0n) is 11.3. The topological polar surface area (TPSA) is 73.6 Å². The number of nitrogens with two attached hydrogens (primary N) is 1. The Balaban J connectivity index is 1.88. The maximum absolute atomic E-state index is 10.8. The summed E-state index contributed by atoms with van der Waals surface area (Å²) in [6.07, 6.45) is 0.268. The van der Waals surface area contributed by atoms with E-state index in [0.717, 1.165) is 11.3 Å². The van der Waals surface area contributed by atoms with Crippen molar-refractivity contribution < 1.29 is 14.3 Å². The summed E-state index contributed by atoms with van der Waals surface area (Å²) in [7, 11) is 0. The molecular formula is C14H20N2O3. The van der Waals surface area contributed by atoms with Crippen LogP contribution in [-0.2, 0) is 20.7 Å². The third-order valence-electron chi connectivity index (χ3n) is 2.97. The van der Waals surface area contributed by atoms with Crippen molar-refractivity contribution in [2.24, 2.45) is 5.73 Å². The molecule has 0 bridgehead atoms. The van der Waals surface area contributed by atoms with Gasteiger partial charge in [0.2, 0.25) is 5.91 Å². The fourth-order valence-electron chi connectivity index (χ4n) is 1.93. The van der Waals surface area contributed by atoms with E-state index in [1.165, 1.54) is 0 Å². The number of benzene rings is 1. The van der Waals surface area contributed by atoms with Gasteiger partial charge in [-0.3, -0.25) is 4.79 Å². The number of rotatable bonds is 4. The first-order valence-corrected chi connectivity index (χ1v) is 6.36. The number of nitrogens with one attached hydrogen (secondary N) is 1. The Labute approximate surface area is 113 Å². The smallest absolute Gasteiger partial charge is 0.221 e. The number of primary amides is 1. The molecule has 1 heterocycles. The van der Waals surface area contributed by atoms with Gasteiger partial charge >= 0.3 is 0 Å². The molecule has 1 aromatic carbocycles. The Morgan fingerprint density at radius 1 is 1.32 bits per heavy atom. The summed E-state index contributed by atoms with van der Waals surface area (Å²) in [5.41, 5.74) is 7.04. The van der Waals surface area contributed by atoms with E-state index in [4.69, 9.17) is 15.2 Å². The van der Waals surface area contributed by atoms with Crippen LogP contribution in [0.15, 0.2) is 24.3 Å². The Bertz CT molecular complexity index is 433. The largest absolute Gasteiger partial charge is 0.378 e. The highest BCUT2D eigenvalue weighted by atomic mass is 16.7. The summed E-state index contributed by atoms with van der Waals surface area (Å²) in [4.78, 5) is 10.8. The number of anilines is 1. The van der Waals surface area contributed by atoms with Gasteiger partial charge in [-0.15, -0.1) is 0 Å². The lowest BCUT2D eigenvalue weighted by Gasteiger charge is -2.35. The molecule has 0 saturated carbocycles. The second-order valence-corrected chi connectivity index (χ2v) is 5.20. The Morgan fingerprint density at radius 3 is 2.42 bits per heavy atom. The summed E-state index contributed by atoms with van der Waals surface area (Å²) >= 11 is 0. The van der Waals surface area contributed by atoms with Crippen molar-refractivity contribution in [1.29, 1.82) is 0 Å². The number of hydrogen-bond acceptors (Lipinski definition) is 4.